The van der Waals surface area contributed by atoms with Gasteiger partial charge in [0.2, 0.25) is 0 Å². The second-order valence-electron chi connectivity index (χ2n) is 6.03. The fourth-order valence-electron chi connectivity index (χ4n) is 3.18. The Morgan fingerprint density at radius 3 is 2.44 bits per heavy atom. The second-order valence-corrected chi connectivity index (χ2v) is 6.03. The van der Waals surface area contributed by atoms with E-state index in [0.717, 1.165) is 12.5 Å². The van der Waals surface area contributed by atoms with Gasteiger partial charge in [-0.2, -0.15) is 0 Å². The van der Waals surface area contributed by atoms with E-state index in [1.54, 1.807) is 0 Å². The van der Waals surface area contributed by atoms with Gasteiger partial charge in [0, 0.05) is 45.8 Å². The van der Waals surface area contributed by atoms with Crippen molar-refractivity contribution in [3.05, 3.63) is 0 Å². The first kappa shape index (κ1) is 14.3. The van der Waals surface area contributed by atoms with E-state index < -0.39 is 0 Å². The molecule has 0 amide bonds. The van der Waals surface area contributed by atoms with Gasteiger partial charge in [0.25, 0.3) is 0 Å². The summed E-state index contributed by atoms with van der Waals surface area (Å²) in [6.45, 7) is 10.9. The lowest BCUT2D eigenvalue weighted by molar-refractivity contribution is 0.114. The number of likely N-dealkylation sites (tertiary alicyclic amines) is 1. The molecule has 0 radical (unpaired) electrons. The highest BCUT2D eigenvalue weighted by molar-refractivity contribution is 4.76. The quantitative estimate of drug-likeness (QED) is 0.765. The third-order valence-corrected chi connectivity index (χ3v) is 4.51. The Labute approximate surface area is 112 Å². The molecule has 1 unspecified atom stereocenters. The first-order chi connectivity index (χ1) is 8.78. The van der Waals surface area contributed by atoms with Crippen molar-refractivity contribution in [1.29, 1.82) is 0 Å². The molecule has 2 heterocycles. The molecule has 0 aliphatic carbocycles. The number of hydrogen-bond donors (Lipinski definition) is 1. The molecule has 2 N–H and O–H groups in total. The summed E-state index contributed by atoms with van der Waals surface area (Å²) in [5.41, 5.74) is 5.68. The van der Waals surface area contributed by atoms with Gasteiger partial charge in [-0.3, -0.25) is 4.90 Å². The van der Waals surface area contributed by atoms with Gasteiger partial charge in [-0.15, -0.1) is 0 Å². The Morgan fingerprint density at radius 2 is 1.72 bits per heavy atom. The van der Waals surface area contributed by atoms with Crippen LogP contribution < -0.4 is 5.73 Å². The summed E-state index contributed by atoms with van der Waals surface area (Å²) in [6, 6.07) is 0. The molecule has 1 atom stereocenters. The zero-order valence-electron chi connectivity index (χ0n) is 12.0. The highest BCUT2D eigenvalue weighted by Gasteiger charge is 2.20. The maximum Gasteiger partial charge on any atom is 0.0110 e. The molecular formula is C14H30N4. The van der Waals surface area contributed by atoms with Crippen LogP contribution in [0.4, 0.5) is 0 Å². The largest absolute Gasteiger partial charge is 0.330 e. The van der Waals surface area contributed by atoms with Crippen LogP contribution in [0.1, 0.15) is 19.3 Å². The summed E-state index contributed by atoms with van der Waals surface area (Å²) in [4.78, 5) is 7.70. The molecule has 0 aromatic rings. The minimum absolute atomic E-state index is 0.858. The van der Waals surface area contributed by atoms with Crippen molar-refractivity contribution in [2.45, 2.75) is 19.3 Å². The van der Waals surface area contributed by atoms with Crippen LogP contribution >= 0.6 is 0 Å². The average molecular weight is 254 g/mol. The Kier molecular flexibility index (Phi) is 5.89. The van der Waals surface area contributed by atoms with E-state index >= 15 is 0 Å². The van der Waals surface area contributed by atoms with Crippen LogP contribution in [0.25, 0.3) is 0 Å². The fourth-order valence-corrected chi connectivity index (χ4v) is 3.18. The molecular weight excluding hydrogens is 224 g/mol. The minimum Gasteiger partial charge on any atom is -0.330 e. The smallest absolute Gasteiger partial charge is 0.0110 e. The number of nitrogens with two attached hydrogens (primary N) is 1. The van der Waals surface area contributed by atoms with Gasteiger partial charge < -0.3 is 15.5 Å². The number of piperazine rings is 1. The van der Waals surface area contributed by atoms with Crippen LogP contribution in [-0.4, -0.2) is 80.7 Å². The zero-order chi connectivity index (χ0) is 12.8. The van der Waals surface area contributed by atoms with E-state index in [9.17, 15) is 0 Å². The predicted octanol–water partition coefficient (Wildman–Crippen LogP) is 0.295. The van der Waals surface area contributed by atoms with E-state index in [1.165, 1.54) is 71.6 Å². The molecule has 18 heavy (non-hydrogen) atoms. The molecule has 0 saturated carbocycles. The van der Waals surface area contributed by atoms with Crippen LogP contribution in [0.15, 0.2) is 0 Å². The number of nitrogens with zero attached hydrogens (tertiary/aromatic N) is 3. The van der Waals surface area contributed by atoms with Crippen molar-refractivity contribution in [2.75, 3.05) is 66.0 Å². The van der Waals surface area contributed by atoms with Gasteiger partial charge in [0.05, 0.1) is 0 Å². The maximum atomic E-state index is 5.68. The molecule has 2 aliphatic heterocycles. The van der Waals surface area contributed by atoms with Crippen LogP contribution in [0.2, 0.25) is 0 Å². The Balaban J connectivity index is 1.63. The normalized spacial score (nSPS) is 28.7. The lowest BCUT2D eigenvalue weighted by atomic mass is 9.95. The minimum atomic E-state index is 0.858. The summed E-state index contributed by atoms with van der Waals surface area (Å²) in [7, 11) is 2.22. The number of likely N-dealkylation sites (N-methyl/N-ethyl adjacent to an activating group) is 1. The SMILES string of the molecule is CN1CCN(CCN2CCCC(CCN)C2)CC1. The highest BCUT2D eigenvalue weighted by Crippen LogP contribution is 2.18. The fraction of sp³-hybridized carbons (Fsp3) is 1.00. The van der Waals surface area contributed by atoms with Gasteiger partial charge in [-0.1, -0.05) is 0 Å². The third-order valence-electron chi connectivity index (χ3n) is 4.51. The lowest BCUT2D eigenvalue weighted by Crippen LogP contribution is -2.48. The molecule has 106 valence electrons. The average Bonchev–Trinajstić information content (AvgIpc) is 2.39. The first-order valence-corrected chi connectivity index (χ1v) is 7.61. The first-order valence-electron chi connectivity index (χ1n) is 7.61. The Hall–Kier alpha value is -0.160. The van der Waals surface area contributed by atoms with Crippen molar-refractivity contribution in [1.82, 2.24) is 14.7 Å². The Morgan fingerprint density at radius 1 is 1.00 bits per heavy atom. The lowest BCUT2D eigenvalue weighted by Gasteiger charge is -2.36. The van der Waals surface area contributed by atoms with E-state index in [4.69, 9.17) is 5.73 Å². The van der Waals surface area contributed by atoms with Gasteiger partial charge in [-0.05, 0) is 45.3 Å². The van der Waals surface area contributed by atoms with Crippen molar-refractivity contribution in [3.8, 4) is 0 Å². The van der Waals surface area contributed by atoms with Crippen LogP contribution in [-0.2, 0) is 0 Å². The molecule has 2 rings (SSSR count). The van der Waals surface area contributed by atoms with Crippen LogP contribution in [0, 0.1) is 5.92 Å². The highest BCUT2D eigenvalue weighted by atomic mass is 15.3. The standard InChI is InChI=1S/C14H30N4/c1-16-7-9-17(10-8-16)11-12-18-6-2-3-14(13-18)4-5-15/h14H,2-13,15H2,1H3. The predicted molar refractivity (Wildman–Crippen MR) is 76.8 cm³/mol. The molecule has 2 aliphatic rings. The summed E-state index contributed by atoms with van der Waals surface area (Å²) >= 11 is 0. The molecule has 0 bridgehead atoms. The maximum absolute atomic E-state index is 5.68. The van der Waals surface area contributed by atoms with Gasteiger partial charge >= 0.3 is 0 Å². The molecule has 4 nitrogen and oxygen atoms in total. The second kappa shape index (κ2) is 7.43. The topological polar surface area (TPSA) is 35.7 Å². The summed E-state index contributed by atoms with van der Waals surface area (Å²) in [5, 5.41) is 0. The van der Waals surface area contributed by atoms with Crippen molar-refractivity contribution in [2.24, 2.45) is 11.7 Å². The summed E-state index contributed by atoms with van der Waals surface area (Å²) < 4.78 is 0. The molecule has 2 fully saturated rings. The number of rotatable bonds is 5. The molecule has 2 saturated heterocycles. The van der Waals surface area contributed by atoms with Gasteiger partial charge in [0.15, 0.2) is 0 Å². The van der Waals surface area contributed by atoms with E-state index in [0.29, 0.717) is 0 Å². The third kappa shape index (κ3) is 4.50. The van der Waals surface area contributed by atoms with Gasteiger partial charge in [0.1, 0.15) is 0 Å². The van der Waals surface area contributed by atoms with E-state index in [2.05, 4.69) is 21.7 Å². The van der Waals surface area contributed by atoms with Crippen LogP contribution in [0.5, 0.6) is 0 Å². The molecule has 0 aromatic heterocycles. The monoisotopic (exact) mass is 254 g/mol. The number of hydrogen-bond acceptors (Lipinski definition) is 4. The van der Waals surface area contributed by atoms with Crippen molar-refractivity contribution in [3.63, 3.8) is 0 Å². The summed E-state index contributed by atoms with van der Waals surface area (Å²) in [6.07, 6.45) is 3.97. The van der Waals surface area contributed by atoms with E-state index in [-0.39, 0.29) is 0 Å². The summed E-state index contributed by atoms with van der Waals surface area (Å²) in [5.74, 6) is 0.858. The van der Waals surface area contributed by atoms with Crippen LogP contribution in [0.3, 0.4) is 0 Å². The molecule has 4 heteroatoms. The Bertz CT molecular complexity index is 224. The van der Waals surface area contributed by atoms with Crippen molar-refractivity contribution >= 4 is 0 Å². The van der Waals surface area contributed by atoms with E-state index in [1.807, 2.05) is 0 Å². The van der Waals surface area contributed by atoms with Gasteiger partial charge in [-0.25, -0.2) is 0 Å². The molecule has 0 spiro atoms. The number of piperidine rings is 1. The van der Waals surface area contributed by atoms with Crippen molar-refractivity contribution < 1.29 is 0 Å². The zero-order valence-corrected chi connectivity index (χ0v) is 12.0. The molecule has 0 aromatic carbocycles.